The van der Waals surface area contributed by atoms with E-state index in [1.165, 1.54) is 11.1 Å². The smallest absolute Gasteiger partial charge is 0.257 e. The second-order valence-electron chi connectivity index (χ2n) is 8.98. The van der Waals surface area contributed by atoms with Crippen LogP contribution in [0.25, 0.3) is 10.9 Å². The van der Waals surface area contributed by atoms with Gasteiger partial charge in [-0.15, -0.1) is 0 Å². The number of benzene rings is 2. The van der Waals surface area contributed by atoms with Gasteiger partial charge in [-0.25, -0.2) is 0 Å². The summed E-state index contributed by atoms with van der Waals surface area (Å²) in [6.07, 6.45) is 1.46. The molecule has 1 saturated heterocycles. The summed E-state index contributed by atoms with van der Waals surface area (Å²) in [5, 5.41) is 13.3. The van der Waals surface area contributed by atoms with E-state index in [4.69, 9.17) is 16.3 Å². The molecule has 2 aromatic carbocycles. The predicted molar refractivity (Wildman–Crippen MR) is 136 cm³/mol. The molecule has 5 rings (SSSR count). The number of nitrogens with zero attached hydrogens (tertiary/aromatic N) is 3. The monoisotopic (exact) mass is 510 g/mol. The maximum absolute atomic E-state index is 13.6. The zero-order valence-electron chi connectivity index (χ0n) is 19.7. The summed E-state index contributed by atoms with van der Waals surface area (Å²) >= 11 is 5.93. The Morgan fingerprint density at radius 3 is 2.56 bits per heavy atom. The third-order valence-corrected chi connectivity index (χ3v) is 6.80. The van der Waals surface area contributed by atoms with Crippen LogP contribution < -0.4 is 15.6 Å². The van der Waals surface area contributed by atoms with Crippen LogP contribution >= 0.6 is 11.6 Å². The van der Waals surface area contributed by atoms with Crippen LogP contribution in [0.5, 0.6) is 0 Å². The lowest BCUT2D eigenvalue weighted by Gasteiger charge is -2.32. The minimum atomic E-state index is -0.508. The van der Waals surface area contributed by atoms with E-state index in [0.717, 1.165) is 24.2 Å². The van der Waals surface area contributed by atoms with Gasteiger partial charge in [-0.05, 0) is 35.4 Å². The Balaban J connectivity index is 1.55. The normalized spacial score (nSPS) is 15.9. The zero-order chi connectivity index (χ0) is 25.2. The third kappa shape index (κ3) is 4.87. The van der Waals surface area contributed by atoms with Crippen molar-refractivity contribution in [2.24, 2.45) is 0 Å². The molecule has 2 N–H and O–H groups in total. The maximum Gasteiger partial charge on any atom is 0.257 e. The van der Waals surface area contributed by atoms with Crippen molar-refractivity contribution in [3.63, 3.8) is 0 Å². The van der Waals surface area contributed by atoms with E-state index in [9.17, 15) is 19.5 Å². The minimum absolute atomic E-state index is 0.0191. The van der Waals surface area contributed by atoms with E-state index < -0.39 is 11.3 Å². The van der Waals surface area contributed by atoms with E-state index in [1.807, 2.05) is 12.1 Å². The highest BCUT2D eigenvalue weighted by molar-refractivity contribution is 6.30. The highest BCUT2D eigenvalue weighted by Gasteiger charge is 2.29. The molecule has 0 atom stereocenters. The topological polar surface area (TPSA) is 104 Å². The second-order valence-corrected chi connectivity index (χ2v) is 9.41. The molecule has 36 heavy (non-hydrogen) atoms. The number of aliphatic hydroxyl groups excluding tert-OH is 1. The van der Waals surface area contributed by atoms with Gasteiger partial charge in [0.05, 0.1) is 31.0 Å². The molecule has 188 valence electrons. The lowest BCUT2D eigenvalue weighted by Crippen LogP contribution is -2.41. The highest BCUT2D eigenvalue weighted by atomic mass is 35.5. The number of nitrogens with one attached hydrogen (secondary N) is 1. The molecule has 0 saturated carbocycles. The van der Waals surface area contributed by atoms with Gasteiger partial charge in [-0.3, -0.25) is 19.3 Å². The first-order valence-corrected chi connectivity index (χ1v) is 12.3. The Hall–Kier alpha value is -3.24. The second kappa shape index (κ2) is 10.4. The molecule has 10 heteroatoms. The maximum atomic E-state index is 13.6. The van der Waals surface area contributed by atoms with E-state index in [-0.39, 0.29) is 37.7 Å². The molecule has 0 bridgehead atoms. The van der Waals surface area contributed by atoms with Crippen LogP contribution in [-0.4, -0.2) is 65.8 Å². The van der Waals surface area contributed by atoms with Crippen molar-refractivity contribution in [2.45, 2.75) is 19.6 Å². The Labute approximate surface area is 212 Å². The lowest BCUT2D eigenvalue weighted by atomic mass is 10.0. The largest absolute Gasteiger partial charge is 0.395 e. The molecule has 9 nitrogen and oxygen atoms in total. The fourth-order valence-corrected chi connectivity index (χ4v) is 4.89. The minimum Gasteiger partial charge on any atom is -0.395 e. The first-order valence-electron chi connectivity index (χ1n) is 11.9. The molecule has 1 aromatic heterocycles. The summed E-state index contributed by atoms with van der Waals surface area (Å²) in [7, 11) is 0. The number of anilines is 1. The summed E-state index contributed by atoms with van der Waals surface area (Å²) in [5.41, 5.74) is 2.46. The van der Waals surface area contributed by atoms with Crippen molar-refractivity contribution >= 4 is 40.0 Å². The number of pyridine rings is 1. The number of aliphatic hydroxyl groups is 1. The predicted octanol–water partition coefficient (Wildman–Crippen LogP) is 1.76. The summed E-state index contributed by atoms with van der Waals surface area (Å²) < 4.78 is 7.10. The van der Waals surface area contributed by atoms with E-state index >= 15 is 0 Å². The molecular weight excluding hydrogens is 484 g/mol. The van der Waals surface area contributed by atoms with Crippen LogP contribution in [0.4, 0.5) is 5.69 Å². The molecule has 3 aromatic rings. The number of carbonyl (C=O) groups is 2. The van der Waals surface area contributed by atoms with Gasteiger partial charge in [0.15, 0.2) is 0 Å². The molecule has 0 radical (unpaired) electrons. The van der Waals surface area contributed by atoms with Crippen LogP contribution in [0.15, 0.2) is 47.4 Å². The molecule has 0 spiro atoms. The van der Waals surface area contributed by atoms with Crippen LogP contribution in [0.3, 0.4) is 0 Å². The Morgan fingerprint density at radius 1 is 1.08 bits per heavy atom. The van der Waals surface area contributed by atoms with Gasteiger partial charge in [-0.1, -0.05) is 23.7 Å². The zero-order valence-corrected chi connectivity index (χ0v) is 20.5. The highest BCUT2D eigenvalue weighted by Crippen LogP contribution is 2.32. The van der Waals surface area contributed by atoms with E-state index in [0.29, 0.717) is 41.4 Å². The molecule has 3 heterocycles. The Bertz CT molecular complexity index is 1370. The summed E-state index contributed by atoms with van der Waals surface area (Å²) in [5.74, 6) is -0.719. The number of hydrogen-bond donors (Lipinski definition) is 2. The number of halogens is 1. The van der Waals surface area contributed by atoms with Gasteiger partial charge >= 0.3 is 0 Å². The van der Waals surface area contributed by atoms with Gasteiger partial charge in [0, 0.05) is 49.3 Å². The molecule has 0 aliphatic carbocycles. The first kappa shape index (κ1) is 24.5. The summed E-state index contributed by atoms with van der Waals surface area (Å²) in [4.78, 5) is 43.4. The van der Waals surface area contributed by atoms with Crippen LogP contribution in [-0.2, 0) is 29.2 Å². The van der Waals surface area contributed by atoms with Crippen molar-refractivity contribution in [1.29, 1.82) is 0 Å². The number of aromatic nitrogens is 1. The van der Waals surface area contributed by atoms with Crippen molar-refractivity contribution < 1.29 is 19.4 Å². The van der Waals surface area contributed by atoms with E-state index in [2.05, 4.69) is 10.2 Å². The number of carbonyl (C=O) groups excluding carboxylic acids is 2. The van der Waals surface area contributed by atoms with Gasteiger partial charge < -0.3 is 24.6 Å². The molecule has 2 aliphatic heterocycles. The van der Waals surface area contributed by atoms with Crippen molar-refractivity contribution in [3.8, 4) is 0 Å². The molecule has 0 unspecified atom stereocenters. The van der Waals surface area contributed by atoms with Crippen molar-refractivity contribution in [1.82, 2.24) is 14.8 Å². The van der Waals surface area contributed by atoms with E-state index in [1.54, 1.807) is 28.8 Å². The molecule has 1 fully saturated rings. The van der Waals surface area contributed by atoms with Crippen molar-refractivity contribution in [3.05, 3.63) is 74.5 Å². The first-order chi connectivity index (χ1) is 17.4. The number of amides is 2. The summed E-state index contributed by atoms with van der Waals surface area (Å²) in [6.45, 7) is 3.54. The van der Waals surface area contributed by atoms with Gasteiger partial charge in [0.1, 0.15) is 12.1 Å². The average Bonchev–Trinajstić information content (AvgIpc) is 2.88. The fraction of sp³-hybridized carbons (Fsp3) is 0.346. The Kier molecular flexibility index (Phi) is 7.06. The van der Waals surface area contributed by atoms with Crippen LogP contribution in [0.1, 0.15) is 21.5 Å². The standard InChI is InChI=1S/C26H27ClN4O5/c27-19-3-1-17(2-4-19)13-28-26(35)21-15-30-16-23(33)31(5-8-32)22-12-18(11-20(24(22)30)25(21)34)14-29-6-9-36-10-7-29/h1-4,11-12,15,32H,5-10,13-14,16H2,(H,28,35). The van der Waals surface area contributed by atoms with Crippen LogP contribution in [0.2, 0.25) is 5.02 Å². The van der Waals surface area contributed by atoms with Gasteiger partial charge in [-0.2, -0.15) is 0 Å². The lowest BCUT2D eigenvalue weighted by molar-refractivity contribution is -0.119. The average molecular weight is 511 g/mol. The van der Waals surface area contributed by atoms with Gasteiger partial charge in [0.25, 0.3) is 5.91 Å². The number of ether oxygens (including phenoxy) is 1. The summed E-state index contributed by atoms with van der Waals surface area (Å²) in [6, 6.07) is 10.8. The number of rotatable bonds is 7. The fourth-order valence-electron chi connectivity index (χ4n) is 4.77. The molecular formula is C26H27ClN4O5. The number of hydrogen-bond acceptors (Lipinski definition) is 6. The van der Waals surface area contributed by atoms with Crippen molar-refractivity contribution in [2.75, 3.05) is 44.4 Å². The SMILES string of the molecule is O=C(NCc1ccc(Cl)cc1)c1cn2c3c(cc(CN4CCOCC4)cc3c1=O)N(CCO)C(=O)C2. The molecule has 2 amide bonds. The quantitative estimate of drug-likeness (QED) is 0.502. The number of morpholine rings is 1. The number of β-amino-alcohol motifs (C(OH)–C–C–N with tert-alkyl or cyclic N) is 1. The third-order valence-electron chi connectivity index (χ3n) is 6.55. The van der Waals surface area contributed by atoms with Crippen LogP contribution in [0, 0.1) is 0 Å². The molecule has 2 aliphatic rings. The Morgan fingerprint density at radius 2 is 1.83 bits per heavy atom. The van der Waals surface area contributed by atoms with Gasteiger partial charge in [0.2, 0.25) is 11.3 Å².